The summed E-state index contributed by atoms with van der Waals surface area (Å²) >= 11 is 2.29. The number of carbonyl (C=O) groups excluding carboxylic acids is 1. The van der Waals surface area contributed by atoms with Gasteiger partial charge in [-0.25, -0.2) is 4.79 Å². The number of aryl methyl sites for hydroxylation is 1. The number of nitrogens with one attached hydrogen (secondary N) is 1. The van der Waals surface area contributed by atoms with E-state index in [1.54, 1.807) is 0 Å². The summed E-state index contributed by atoms with van der Waals surface area (Å²) < 4.78 is 6.36. The van der Waals surface area contributed by atoms with Crippen molar-refractivity contribution < 1.29 is 9.53 Å². The Hall–Kier alpha value is -0.780. The van der Waals surface area contributed by atoms with Crippen LogP contribution < -0.4 is 5.32 Å². The fraction of sp³-hybridized carbons (Fsp3) is 0.462. The maximum Gasteiger partial charge on any atom is 0.407 e. The summed E-state index contributed by atoms with van der Waals surface area (Å²) in [6.07, 6.45) is -0.380. The van der Waals surface area contributed by atoms with E-state index in [-0.39, 0.29) is 6.09 Å². The molecule has 1 rings (SSSR count). The highest BCUT2D eigenvalue weighted by atomic mass is 127. The second kappa shape index (κ2) is 5.71. The summed E-state index contributed by atoms with van der Waals surface area (Å²) in [6, 6.07) is 6.05. The third-order valence-electron chi connectivity index (χ3n) is 2.09. The Balaban J connectivity index is 2.56. The lowest BCUT2D eigenvalue weighted by Crippen LogP contribution is -2.32. The lowest BCUT2D eigenvalue weighted by Gasteiger charge is -2.20. The highest BCUT2D eigenvalue weighted by molar-refractivity contribution is 14.1. The molecule has 1 N–H and O–H groups in total. The number of carbonyl (C=O) groups is 1. The highest BCUT2D eigenvalue weighted by Gasteiger charge is 2.15. The van der Waals surface area contributed by atoms with Crippen molar-refractivity contribution in [3.63, 3.8) is 0 Å². The van der Waals surface area contributed by atoms with Gasteiger partial charge in [-0.3, -0.25) is 0 Å². The van der Waals surface area contributed by atoms with Crippen LogP contribution in [0.3, 0.4) is 0 Å². The summed E-state index contributed by atoms with van der Waals surface area (Å²) in [7, 11) is 0. The van der Waals surface area contributed by atoms with Crippen LogP contribution in [0.4, 0.5) is 4.79 Å². The molecule has 0 saturated heterocycles. The van der Waals surface area contributed by atoms with Crippen LogP contribution in [-0.4, -0.2) is 11.7 Å². The molecule has 0 unspecified atom stereocenters. The average Bonchev–Trinajstić information content (AvgIpc) is 2.18. The van der Waals surface area contributed by atoms with Gasteiger partial charge in [0.15, 0.2) is 0 Å². The predicted octanol–water partition coefficient (Wildman–Crippen LogP) is 3.62. The number of halogens is 1. The first-order chi connectivity index (χ1) is 7.79. The van der Waals surface area contributed by atoms with Crippen LogP contribution >= 0.6 is 22.6 Å². The van der Waals surface area contributed by atoms with Crippen molar-refractivity contribution in [1.29, 1.82) is 0 Å². The van der Waals surface area contributed by atoms with E-state index in [4.69, 9.17) is 4.74 Å². The van der Waals surface area contributed by atoms with E-state index in [2.05, 4.69) is 40.9 Å². The molecule has 1 aromatic rings. The third-order valence-corrected chi connectivity index (χ3v) is 3.64. The van der Waals surface area contributed by atoms with E-state index >= 15 is 0 Å². The molecule has 1 amide bonds. The molecule has 3 nitrogen and oxygen atoms in total. The highest BCUT2D eigenvalue weighted by Crippen LogP contribution is 2.16. The maximum absolute atomic E-state index is 11.5. The molecule has 0 aliphatic rings. The lowest BCUT2D eigenvalue weighted by atomic mass is 10.1. The zero-order chi connectivity index (χ0) is 13.1. The van der Waals surface area contributed by atoms with Crippen LogP contribution in [0.1, 0.15) is 31.9 Å². The van der Waals surface area contributed by atoms with E-state index in [1.165, 1.54) is 9.13 Å². The number of rotatable bonds is 2. The zero-order valence-corrected chi connectivity index (χ0v) is 12.8. The van der Waals surface area contributed by atoms with Gasteiger partial charge in [-0.15, -0.1) is 0 Å². The molecular formula is C13H18INO2. The monoisotopic (exact) mass is 347 g/mol. The van der Waals surface area contributed by atoms with E-state index in [1.807, 2.05) is 32.9 Å². The van der Waals surface area contributed by atoms with Crippen molar-refractivity contribution >= 4 is 28.7 Å². The first-order valence-corrected chi connectivity index (χ1v) is 6.58. The molecule has 0 saturated carbocycles. The van der Waals surface area contributed by atoms with Crippen molar-refractivity contribution in [2.45, 2.75) is 39.8 Å². The predicted molar refractivity (Wildman–Crippen MR) is 77.0 cm³/mol. The molecule has 0 atom stereocenters. The first kappa shape index (κ1) is 14.3. The van der Waals surface area contributed by atoms with Gasteiger partial charge in [-0.2, -0.15) is 0 Å². The van der Waals surface area contributed by atoms with Gasteiger partial charge in [0.1, 0.15) is 5.60 Å². The van der Waals surface area contributed by atoms with Gasteiger partial charge >= 0.3 is 6.09 Å². The number of benzene rings is 1. The molecule has 17 heavy (non-hydrogen) atoms. The van der Waals surface area contributed by atoms with Crippen LogP contribution in [0.15, 0.2) is 18.2 Å². The van der Waals surface area contributed by atoms with E-state index in [9.17, 15) is 4.79 Å². The molecule has 0 heterocycles. The zero-order valence-electron chi connectivity index (χ0n) is 10.6. The Morgan fingerprint density at radius 2 is 2.06 bits per heavy atom. The second-order valence-electron chi connectivity index (χ2n) is 4.90. The molecule has 94 valence electrons. The summed E-state index contributed by atoms with van der Waals surface area (Å²) in [5.41, 5.74) is 1.87. The minimum absolute atomic E-state index is 0.380. The number of amides is 1. The summed E-state index contributed by atoms with van der Waals surface area (Å²) in [5, 5.41) is 2.76. The molecule has 0 spiro atoms. The normalized spacial score (nSPS) is 11.1. The van der Waals surface area contributed by atoms with Gasteiger partial charge in [0, 0.05) is 10.1 Å². The number of alkyl carbamates (subject to hydrolysis) is 1. The van der Waals surface area contributed by atoms with Gasteiger partial charge in [0.2, 0.25) is 0 Å². The molecule has 0 aliphatic carbocycles. The molecule has 4 heteroatoms. The largest absolute Gasteiger partial charge is 0.444 e. The topological polar surface area (TPSA) is 38.3 Å². The number of hydrogen-bond acceptors (Lipinski definition) is 2. The van der Waals surface area contributed by atoms with Crippen LogP contribution in [0.5, 0.6) is 0 Å². The van der Waals surface area contributed by atoms with Crippen molar-refractivity contribution in [2.24, 2.45) is 0 Å². The van der Waals surface area contributed by atoms with Gasteiger partial charge < -0.3 is 10.1 Å². The average molecular weight is 347 g/mol. The Labute approximate surface area is 116 Å². The fourth-order valence-electron chi connectivity index (χ4n) is 1.33. The number of hydrogen-bond donors (Lipinski definition) is 1. The van der Waals surface area contributed by atoms with Gasteiger partial charge in [0.05, 0.1) is 0 Å². The van der Waals surface area contributed by atoms with Gasteiger partial charge in [-0.1, -0.05) is 18.2 Å². The lowest BCUT2D eigenvalue weighted by molar-refractivity contribution is 0.0523. The van der Waals surface area contributed by atoms with Crippen LogP contribution in [0, 0.1) is 10.5 Å². The Morgan fingerprint density at radius 1 is 1.41 bits per heavy atom. The summed E-state index contributed by atoms with van der Waals surface area (Å²) in [5.74, 6) is 0. The van der Waals surface area contributed by atoms with E-state index in [0.717, 1.165) is 5.56 Å². The summed E-state index contributed by atoms with van der Waals surface area (Å²) in [6.45, 7) is 8.10. The molecule has 1 aromatic carbocycles. The van der Waals surface area contributed by atoms with Crippen LogP contribution in [0.2, 0.25) is 0 Å². The smallest absolute Gasteiger partial charge is 0.407 e. The standard InChI is InChI=1S/C13H18INO2/c1-9-6-5-7-10(11(9)14)8-15-12(16)17-13(2,3)4/h5-7H,8H2,1-4H3,(H,15,16). The molecular weight excluding hydrogens is 329 g/mol. The maximum atomic E-state index is 11.5. The van der Waals surface area contributed by atoms with Gasteiger partial charge in [0.25, 0.3) is 0 Å². The van der Waals surface area contributed by atoms with Crippen LogP contribution in [0.25, 0.3) is 0 Å². The minimum atomic E-state index is -0.455. The van der Waals surface area contributed by atoms with Crippen LogP contribution in [-0.2, 0) is 11.3 Å². The minimum Gasteiger partial charge on any atom is -0.444 e. The molecule has 0 aliphatic heterocycles. The molecule has 0 aromatic heterocycles. The van der Waals surface area contributed by atoms with E-state index < -0.39 is 5.60 Å². The Morgan fingerprint density at radius 3 is 2.65 bits per heavy atom. The Bertz CT molecular complexity index is 410. The van der Waals surface area contributed by atoms with Crippen molar-refractivity contribution in [2.75, 3.05) is 0 Å². The van der Waals surface area contributed by atoms with Crippen molar-refractivity contribution in [3.05, 3.63) is 32.9 Å². The number of ether oxygens (including phenoxy) is 1. The molecule has 0 bridgehead atoms. The first-order valence-electron chi connectivity index (χ1n) is 5.50. The van der Waals surface area contributed by atoms with Crippen molar-refractivity contribution in [1.82, 2.24) is 5.32 Å². The van der Waals surface area contributed by atoms with E-state index in [0.29, 0.717) is 6.54 Å². The molecule has 0 fully saturated rings. The fourth-order valence-corrected chi connectivity index (χ4v) is 1.88. The summed E-state index contributed by atoms with van der Waals surface area (Å²) in [4.78, 5) is 11.5. The third kappa shape index (κ3) is 4.93. The SMILES string of the molecule is Cc1cccc(CNC(=O)OC(C)(C)C)c1I. The Kier molecular flexibility index (Phi) is 4.80. The van der Waals surface area contributed by atoms with Crippen molar-refractivity contribution in [3.8, 4) is 0 Å². The molecule has 0 radical (unpaired) electrons. The quantitative estimate of drug-likeness (QED) is 0.830. The second-order valence-corrected chi connectivity index (χ2v) is 5.98. The van der Waals surface area contributed by atoms with Gasteiger partial charge in [-0.05, 0) is 61.4 Å².